The Hall–Kier alpha value is -3.42. The van der Waals surface area contributed by atoms with Gasteiger partial charge in [-0.25, -0.2) is 4.68 Å². The van der Waals surface area contributed by atoms with Crippen LogP contribution in [-0.2, 0) is 6.54 Å². The van der Waals surface area contributed by atoms with Crippen LogP contribution in [0.4, 0.5) is 5.82 Å². The predicted octanol–water partition coefficient (Wildman–Crippen LogP) is 5.64. The van der Waals surface area contributed by atoms with E-state index >= 15 is 0 Å². The molecule has 1 aliphatic rings. The van der Waals surface area contributed by atoms with Crippen LogP contribution in [0.3, 0.4) is 0 Å². The monoisotopic (exact) mass is 486 g/mol. The highest BCUT2D eigenvalue weighted by atomic mass is 32.1. The smallest absolute Gasteiger partial charge is 0.269 e. The van der Waals surface area contributed by atoms with Crippen molar-refractivity contribution >= 4 is 23.1 Å². The SMILES string of the molecule is CCOc1ccc(-n2ccc(N(C(=O)c3cccs3)C3CCN(Cc4ccccc4)CC3)n2)cc1. The van der Waals surface area contributed by atoms with Gasteiger partial charge in [0.1, 0.15) is 5.75 Å². The molecule has 0 saturated carbocycles. The first-order valence-corrected chi connectivity index (χ1v) is 13.0. The van der Waals surface area contributed by atoms with Gasteiger partial charge in [0.05, 0.1) is 17.2 Å². The minimum absolute atomic E-state index is 0.0263. The molecule has 0 bridgehead atoms. The van der Waals surface area contributed by atoms with Crippen LogP contribution in [0.2, 0.25) is 0 Å². The maximum absolute atomic E-state index is 13.6. The number of benzene rings is 2. The fraction of sp³-hybridized carbons (Fsp3) is 0.286. The van der Waals surface area contributed by atoms with Crippen molar-refractivity contribution in [2.75, 3.05) is 24.6 Å². The van der Waals surface area contributed by atoms with E-state index in [1.165, 1.54) is 16.9 Å². The molecule has 0 aliphatic carbocycles. The van der Waals surface area contributed by atoms with Crippen molar-refractivity contribution in [3.8, 4) is 11.4 Å². The lowest BCUT2D eigenvalue weighted by atomic mass is 10.0. The molecule has 0 radical (unpaired) electrons. The summed E-state index contributed by atoms with van der Waals surface area (Å²) in [5.74, 6) is 1.55. The van der Waals surface area contributed by atoms with E-state index in [9.17, 15) is 4.79 Å². The van der Waals surface area contributed by atoms with Crippen molar-refractivity contribution in [3.63, 3.8) is 0 Å². The lowest BCUT2D eigenvalue weighted by molar-refractivity contribution is 0.0961. The van der Waals surface area contributed by atoms with E-state index in [0.717, 1.165) is 48.8 Å². The molecule has 2 aromatic heterocycles. The molecule has 35 heavy (non-hydrogen) atoms. The van der Waals surface area contributed by atoms with Crippen molar-refractivity contribution in [3.05, 3.63) is 94.8 Å². The van der Waals surface area contributed by atoms with Crippen LogP contribution < -0.4 is 9.64 Å². The van der Waals surface area contributed by atoms with E-state index in [4.69, 9.17) is 9.84 Å². The van der Waals surface area contributed by atoms with Crippen LogP contribution in [0.1, 0.15) is 35.0 Å². The summed E-state index contributed by atoms with van der Waals surface area (Å²) >= 11 is 1.48. The first-order chi connectivity index (χ1) is 17.2. The molecule has 0 atom stereocenters. The van der Waals surface area contributed by atoms with Crippen LogP contribution >= 0.6 is 11.3 Å². The fourth-order valence-corrected chi connectivity index (χ4v) is 5.26. The molecular formula is C28H30N4O2S. The summed E-state index contributed by atoms with van der Waals surface area (Å²) in [4.78, 5) is 18.7. The average Bonchev–Trinajstić information content (AvgIpc) is 3.60. The molecule has 0 unspecified atom stereocenters. The average molecular weight is 487 g/mol. The summed E-state index contributed by atoms with van der Waals surface area (Å²) in [5, 5.41) is 6.77. The Labute approximate surface area is 210 Å². The maximum Gasteiger partial charge on any atom is 0.269 e. The number of hydrogen-bond donors (Lipinski definition) is 0. The number of hydrogen-bond acceptors (Lipinski definition) is 5. The van der Waals surface area contributed by atoms with Gasteiger partial charge in [0.2, 0.25) is 0 Å². The van der Waals surface area contributed by atoms with Gasteiger partial charge in [-0.3, -0.25) is 14.6 Å². The number of aromatic nitrogens is 2. The molecule has 0 N–H and O–H groups in total. The van der Waals surface area contributed by atoms with Gasteiger partial charge in [-0.1, -0.05) is 36.4 Å². The second-order valence-corrected chi connectivity index (χ2v) is 9.64. The maximum atomic E-state index is 13.6. The van der Waals surface area contributed by atoms with Crippen molar-refractivity contribution in [2.45, 2.75) is 32.4 Å². The number of carbonyl (C=O) groups excluding carboxylic acids is 1. The zero-order valence-corrected chi connectivity index (χ0v) is 20.7. The van der Waals surface area contributed by atoms with Crippen LogP contribution in [0.5, 0.6) is 5.75 Å². The van der Waals surface area contributed by atoms with Gasteiger partial charge < -0.3 is 4.74 Å². The predicted molar refractivity (Wildman–Crippen MR) is 141 cm³/mol. The second-order valence-electron chi connectivity index (χ2n) is 8.69. The van der Waals surface area contributed by atoms with E-state index in [2.05, 4.69) is 35.2 Å². The Morgan fingerprint density at radius 3 is 2.49 bits per heavy atom. The molecule has 1 fully saturated rings. The number of carbonyl (C=O) groups is 1. The summed E-state index contributed by atoms with van der Waals surface area (Å²) in [6, 6.07) is 24.3. The van der Waals surface area contributed by atoms with Gasteiger partial charge >= 0.3 is 0 Å². The van der Waals surface area contributed by atoms with Gasteiger partial charge in [0.25, 0.3) is 5.91 Å². The summed E-state index contributed by atoms with van der Waals surface area (Å²) in [7, 11) is 0. The highest BCUT2D eigenvalue weighted by molar-refractivity contribution is 7.12. The zero-order chi connectivity index (χ0) is 24.0. The Bertz CT molecular complexity index is 1210. The van der Waals surface area contributed by atoms with Crippen molar-refractivity contribution in [1.82, 2.24) is 14.7 Å². The molecule has 1 amide bonds. The van der Waals surface area contributed by atoms with Gasteiger partial charge in [0.15, 0.2) is 5.82 Å². The van der Waals surface area contributed by atoms with Gasteiger partial charge in [0, 0.05) is 37.9 Å². The third-order valence-corrected chi connectivity index (χ3v) is 7.21. The highest BCUT2D eigenvalue weighted by Crippen LogP contribution is 2.27. The quantitative estimate of drug-likeness (QED) is 0.323. The van der Waals surface area contributed by atoms with Crippen molar-refractivity contribution < 1.29 is 9.53 Å². The first-order valence-electron chi connectivity index (χ1n) is 12.1. The highest BCUT2D eigenvalue weighted by Gasteiger charge is 2.31. The number of anilines is 1. The van der Waals surface area contributed by atoms with Crippen molar-refractivity contribution in [1.29, 1.82) is 0 Å². The number of nitrogens with zero attached hydrogens (tertiary/aromatic N) is 4. The van der Waals surface area contributed by atoms with Crippen LogP contribution in [0, 0.1) is 0 Å². The number of likely N-dealkylation sites (tertiary alicyclic amines) is 1. The molecular weight excluding hydrogens is 456 g/mol. The summed E-state index contributed by atoms with van der Waals surface area (Å²) < 4.78 is 7.38. The molecule has 4 aromatic rings. The molecule has 6 nitrogen and oxygen atoms in total. The number of thiophene rings is 1. The summed E-state index contributed by atoms with van der Waals surface area (Å²) in [6.45, 7) is 5.45. The minimum Gasteiger partial charge on any atom is -0.494 e. The first kappa shape index (κ1) is 23.3. The molecule has 1 saturated heterocycles. The van der Waals surface area contributed by atoms with E-state index in [0.29, 0.717) is 12.4 Å². The Balaban J connectivity index is 1.34. The molecule has 3 heterocycles. The summed E-state index contributed by atoms with van der Waals surface area (Å²) in [5.41, 5.74) is 2.26. The van der Waals surface area contributed by atoms with Crippen LogP contribution in [0.25, 0.3) is 5.69 Å². The Morgan fingerprint density at radius 2 is 1.80 bits per heavy atom. The van der Waals surface area contributed by atoms with Crippen molar-refractivity contribution in [2.24, 2.45) is 0 Å². The zero-order valence-electron chi connectivity index (χ0n) is 19.9. The third kappa shape index (κ3) is 5.47. The van der Waals surface area contributed by atoms with Gasteiger partial charge in [-0.15, -0.1) is 16.4 Å². The Morgan fingerprint density at radius 1 is 1.03 bits per heavy atom. The van der Waals surface area contributed by atoms with E-state index in [1.807, 2.05) is 70.5 Å². The van der Waals surface area contributed by atoms with E-state index in [-0.39, 0.29) is 11.9 Å². The molecule has 0 spiro atoms. The fourth-order valence-electron chi connectivity index (χ4n) is 4.60. The lowest BCUT2D eigenvalue weighted by Crippen LogP contribution is -2.47. The molecule has 1 aliphatic heterocycles. The van der Waals surface area contributed by atoms with E-state index in [1.54, 1.807) is 0 Å². The molecule has 5 rings (SSSR count). The van der Waals surface area contributed by atoms with E-state index < -0.39 is 0 Å². The number of amides is 1. The Kier molecular flexibility index (Phi) is 7.25. The molecule has 7 heteroatoms. The topological polar surface area (TPSA) is 50.6 Å². The minimum atomic E-state index is 0.0263. The van der Waals surface area contributed by atoms with Crippen LogP contribution in [0.15, 0.2) is 84.4 Å². The molecule has 180 valence electrons. The normalized spacial score (nSPS) is 14.7. The molecule has 2 aromatic carbocycles. The largest absolute Gasteiger partial charge is 0.494 e. The third-order valence-electron chi connectivity index (χ3n) is 6.36. The second kappa shape index (κ2) is 10.9. The number of piperidine rings is 1. The number of rotatable bonds is 8. The standard InChI is InChI=1S/C28H30N4O2S/c1-2-34-25-12-10-23(11-13-25)31-19-16-27(29-31)32(28(33)26-9-6-20-35-26)24-14-17-30(18-15-24)21-22-7-4-3-5-8-22/h3-13,16,19-20,24H,2,14-15,17-18,21H2,1H3. The lowest BCUT2D eigenvalue weighted by Gasteiger charge is -2.37. The van der Waals surface area contributed by atoms with Gasteiger partial charge in [-0.05, 0) is 61.0 Å². The number of ether oxygens (including phenoxy) is 1. The summed E-state index contributed by atoms with van der Waals surface area (Å²) in [6.07, 6.45) is 3.75. The van der Waals surface area contributed by atoms with Crippen LogP contribution in [-0.4, -0.2) is 46.3 Å². The van der Waals surface area contributed by atoms with Gasteiger partial charge in [-0.2, -0.15) is 0 Å².